The number of hydrogen-bond acceptors (Lipinski definition) is 5. The molecule has 118 valence electrons. The summed E-state index contributed by atoms with van der Waals surface area (Å²) in [5.41, 5.74) is 1.34. The van der Waals surface area contributed by atoms with E-state index >= 15 is 0 Å². The van der Waals surface area contributed by atoms with Crippen LogP contribution in [0, 0.1) is 0 Å². The van der Waals surface area contributed by atoms with Crippen LogP contribution in [0.25, 0.3) is 5.65 Å². The van der Waals surface area contributed by atoms with Gasteiger partial charge in [-0.15, -0.1) is 15.3 Å². The Hall–Kier alpha value is -2.16. The summed E-state index contributed by atoms with van der Waals surface area (Å²) in [7, 11) is 0. The van der Waals surface area contributed by atoms with E-state index in [1.165, 1.54) is 11.6 Å². The Kier molecular flexibility index (Phi) is 3.97. The van der Waals surface area contributed by atoms with Crippen LogP contribution in [0.3, 0.4) is 0 Å². The number of ether oxygens (including phenoxy) is 1. The van der Waals surface area contributed by atoms with Crippen molar-refractivity contribution in [2.24, 2.45) is 0 Å². The molecule has 3 heterocycles. The second-order valence-corrected chi connectivity index (χ2v) is 4.87. The van der Waals surface area contributed by atoms with Crippen LogP contribution in [-0.4, -0.2) is 39.6 Å². The van der Waals surface area contributed by atoms with Gasteiger partial charge in [0.1, 0.15) is 5.82 Å². The van der Waals surface area contributed by atoms with Gasteiger partial charge in [0.05, 0.1) is 13.2 Å². The molecule has 3 rings (SSSR count). The van der Waals surface area contributed by atoms with Gasteiger partial charge >= 0.3 is 6.18 Å². The van der Waals surface area contributed by atoms with Crippen molar-refractivity contribution in [3.8, 4) is 0 Å². The first-order valence-electron chi connectivity index (χ1n) is 6.83. The van der Waals surface area contributed by atoms with Crippen LogP contribution in [0.1, 0.15) is 18.7 Å². The molecule has 1 N–H and O–H groups in total. The zero-order valence-electron chi connectivity index (χ0n) is 11.6. The highest BCUT2D eigenvalue weighted by molar-refractivity contribution is 5.44. The number of rotatable bonds is 4. The first kappa shape index (κ1) is 14.8. The minimum Gasteiger partial charge on any atom is -0.377 e. The van der Waals surface area contributed by atoms with Gasteiger partial charge in [-0.2, -0.15) is 17.7 Å². The summed E-state index contributed by atoms with van der Waals surface area (Å²) in [6.45, 7) is 1.93. The smallest absolute Gasteiger partial charge is 0.377 e. The van der Waals surface area contributed by atoms with E-state index in [0.29, 0.717) is 30.1 Å². The molecular weight excluding hydrogens is 299 g/mol. The van der Waals surface area contributed by atoms with E-state index in [-0.39, 0.29) is 5.65 Å². The van der Waals surface area contributed by atoms with E-state index in [1.807, 2.05) is 6.08 Å². The van der Waals surface area contributed by atoms with E-state index in [4.69, 9.17) is 4.74 Å². The molecule has 0 fully saturated rings. The van der Waals surface area contributed by atoms with Crippen molar-refractivity contribution in [2.75, 3.05) is 25.1 Å². The monoisotopic (exact) mass is 313 g/mol. The molecule has 0 unspecified atom stereocenters. The molecule has 0 saturated heterocycles. The lowest BCUT2D eigenvalue weighted by atomic mass is 10.1. The highest BCUT2D eigenvalue weighted by atomic mass is 19.4. The van der Waals surface area contributed by atoms with Crippen LogP contribution in [0.15, 0.2) is 23.8 Å². The molecule has 0 saturated carbocycles. The van der Waals surface area contributed by atoms with Crippen LogP contribution < -0.4 is 5.32 Å². The molecular formula is C13H14F3N5O. The maximum absolute atomic E-state index is 12.8. The van der Waals surface area contributed by atoms with Gasteiger partial charge in [0.25, 0.3) is 5.82 Å². The quantitative estimate of drug-likeness (QED) is 0.878. The van der Waals surface area contributed by atoms with Gasteiger partial charge in [0, 0.05) is 6.54 Å². The number of fused-ring (bicyclic) bond motifs is 1. The number of halogens is 3. The third-order valence-electron chi connectivity index (χ3n) is 3.33. The SMILES string of the molecule is FC(F)(F)c1nnc2ccc(NCCC3=CCOCC3)nn12. The summed E-state index contributed by atoms with van der Waals surface area (Å²) >= 11 is 0. The number of aromatic nitrogens is 4. The van der Waals surface area contributed by atoms with Gasteiger partial charge in [-0.05, 0) is 25.0 Å². The maximum Gasteiger partial charge on any atom is 0.453 e. The van der Waals surface area contributed by atoms with Gasteiger partial charge in [0.2, 0.25) is 0 Å². The summed E-state index contributed by atoms with van der Waals surface area (Å²) in [6.07, 6.45) is -0.865. The predicted molar refractivity (Wildman–Crippen MR) is 72.4 cm³/mol. The van der Waals surface area contributed by atoms with Gasteiger partial charge in [-0.3, -0.25) is 0 Å². The van der Waals surface area contributed by atoms with Crippen molar-refractivity contribution in [3.05, 3.63) is 29.6 Å². The molecule has 6 nitrogen and oxygen atoms in total. The summed E-state index contributed by atoms with van der Waals surface area (Å²) < 4.78 is 44.2. The van der Waals surface area contributed by atoms with Crippen molar-refractivity contribution in [1.82, 2.24) is 19.8 Å². The molecule has 0 atom stereocenters. The lowest BCUT2D eigenvalue weighted by Crippen LogP contribution is -2.14. The average molecular weight is 313 g/mol. The summed E-state index contributed by atoms with van der Waals surface area (Å²) in [5.74, 6) is -0.774. The molecule has 0 spiro atoms. The molecule has 0 aliphatic carbocycles. The van der Waals surface area contributed by atoms with Crippen LogP contribution in [0.5, 0.6) is 0 Å². The zero-order valence-corrected chi connectivity index (χ0v) is 11.6. The van der Waals surface area contributed by atoms with E-state index in [2.05, 4.69) is 20.6 Å². The standard InChI is InChI=1S/C13H14F3N5O/c14-13(15,16)12-19-18-11-2-1-10(20-21(11)12)17-6-3-9-4-7-22-8-5-9/h1-2,4H,3,5-8H2,(H,17,20). The predicted octanol–water partition coefficient (Wildman–Crippen LogP) is 2.29. The van der Waals surface area contributed by atoms with Crippen LogP contribution in [-0.2, 0) is 10.9 Å². The van der Waals surface area contributed by atoms with E-state index in [0.717, 1.165) is 12.8 Å². The van der Waals surface area contributed by atoms with Gasteiger partial charge in [-0.25, -0.2) is 0 Å². The van der Waals surface area contributed by atoms with Gasteiger partial charge < -0.3 is 10.1 Å². The van der Waals surface area contributed by atoms with E-state index < -0.39 is 12.0 Å². The van der Waals surface area contributed by atoms with Crippen molar-refractivity contribution in [1.29, 1.82) is 0 Å². The first-order chi connectivity index (χ1) is 10.5. The Morgan fingerprint density at radius 3 is 2.86 bits per heavy atom. The Morgan fingerprint density at radius 2 is 2.14 bits per heavy atom. The topological polar surface area (TPSA) is 64.3 Å². The Labute approximate surface area is 124 Å². The van der Waals surface area contributed by atoms with E-state index in [1.54, 1.807) is 6.07 Å². The Bertz CT molecular complexity index is 695. The van der Waals surface area contributed by atoms with Gasteiger partial charge in [-0.1, -0.05) is 11.6 Å². The van der Waals surface area contributed by atoms with Crippen LogP contribution in [0.4, 0.5) is 19.0 Å². The molecule has 2 aromatic rings. The highest BCUT2D eigenvalue weighted by Crippen LogP contribution is 2.27. The average Bonchev–Trinajstić information content (AvgIpc) is 2.91. The molecule has 0 radical (unpaired) electrons. The molecule has 0 bridgehead atoms. The summed E-state index contributed by atoms with van der Waals surface area (Å²) in [5, 5.41) is 13.5. The normalized spacial score (nSPS) is 15.9. The number of hydrogen-bond donors (Lipinski definition) is 1. The van der Waals surface area contributed by atoms with Crippen molar-refractivity contribution < 1.29 is 17.9 Å². The molecule has 0 amide bonds. The second-order valence-electron chi connectivity index (χ2n) is 4.87. The van der Waals surface area contributed by atoms with Crippen LogP contribution >= 0.6 is 0 Å². The van der Waals surface area contributed by atoms with Crippen molar-refractivity contribution in [3.63, 3.8) is 0 Å². The fourth-order valence-corrected chi connectivity index (χ4v) is 2.20. The second kappa shape index (κ2) is 5.91. The number of anilines is 1. The Morgan fingerprint density at radius 1 is 1.27 bits per heavy atom. The molecule has 1 aliphatic heterocycles. The Balaban J connectivity index is 1.70. The van der Waals surface area contributed by atoms with E-state index in [9.17, 15) is 13.2 Å². The first-order valence-corrected chi connectivity index (χ1v) is 6.83. The highest BCUT2D eigenvalue weighted by Gasteiger charge is 2.37. The lowest BCUT2D eigenvalue weighted by molar-refractivity contribution is -0.146. The number of nitrogens with one attached hydrogen (secondary N) is 1. The maximum atomic E-state index is 12.8. The summed E-state index contributed by atoms with van der Waals surface area (Å²) in [6, 6.07) is 3.04. The fraction of sp³-hybridized carbons (Fsp3) is 0.462. The summed E-state index contributed by atoms with van der Waals surface area (Å²) in [4.78, 5) is 0. The molecule has 0 aromatic carbocycles. The molecule has 22 heavy (non-hydrogen) atoms. The van der Waals surface area contributed by atoms with Crippen LogP contribution in [0.2, 0.25) is 0 Å². The molecule has 9 heteroatoms. The minimum absolute atomic E-state index is 0.0602. The third kappa shape index (κ3) is 3.19. The fourth-order valence-electron chi connectivity index (χ4n) is 2.20. The largest absolute Gasteiger partial charge is 0.453 e. The molecule has 2 aromatic heterocycles. The van der Waals surface area contributed by atoms with Crippen molar-refractivity contribution in [2.45, 2.75) is 19.0 Å². The van der Waals surface area contributed by atoms with Crippen molar-refractivity contribution >= 4 is 11.5 Å². The minimum atomic E-state index is -4.59. The zero-order chi connectivity index (χ0) is 15.6. The third-order valence-corrected chi connectivity index (χ3v) is 3.33. The van der Waals surface area contributed by atoms with Gasteiger partial charge in [0.15, 0.2) is 5.65 Å². The number of alkyl halides is 3. The molecule has 1 aliphatic rings. The number of nitrogens with zero attached hydrogens (tertiary/aromatic N) is 4. The lowest BCUT2D eigenvalue weighted by Gasteiger charge is -2.14.